The van der Waals surface area contributed by atoms with Crippen LogP contribution in [0.3, 0.4) is 0 Å². The van der Waals surface area contributed by atoms with Gasteiger partial charge in [0.05, 0.1) is 24.6 Å². The molecule has 1 fully saturated rings. The number of nitrogens with one attached hydrogen (secondary N) is 2. The smallest absolute Gasteiger partial charge is 0.324 e. The molecule has 3 N–H and O–H groups in total. The number of aromatic hydroxyl groups is 1. The second-order valence-corrected chi connectivity index (χ2v) is 16.5. The van der Waals surface area contributed by atoms with Crippen LogP contribution in [0.5, 0.6) is 5.75 Å². The molecular formula is C44H56N6O7. The summed E-state index contributed by atoms with van der Waals surface area (Å²) in [7, 11) is 3.22. The minimum atomic E-state index is -1.09. The zero-order valence-electron chi connectivity index (χ0n) is 34.3. The second kappa shape index (κ2) is 17.1. The first-order valence-electron chi connectivity index (χ1n) is 19.8. The summed E-state index contributed by atoms with van der Waals surface area (Å²) in [5.41, 5.74) is 9.69. The lowest BCUT2D eigenvalue weighted by Gasteiger charge is -2.36. The summed E-state index contributed by atoms with van der Waals surface area (Å²) in [4.78, 5) is 60.5. The van der Waals surface area contributed by atoms with Crippen LogP contribution in [0.4, 0.5) is 0 Å². The van der Waals surface area contributed by atoms with Crippen LogP contribution in [0, 0.1) is 11.3 Å². The number of aryl methyl sites for hydroxylation is 1. The van der Waals surface area contributed by atoms with E-state index in [0.717, 1.165) is 44.5 Å². The van der Waals surface area contributed by atoms with Gasteiger partial charge in [0.25, 0.3) is 5.91 Å². The Bertz CT molecular complexity index is 2160. The second-order valence-electron chi connectivity index (χ2n) is 16.5. The maximum Gasteiger partial charge on any atom is 0.324 e. The van der Waals surface area contributed by atoms with Gasteiger partial charge in [-0.1, -0.05) is 39.8 Å². The lowest BCUT2D eigenvalue weighted by Crippen LogP contribution is -2.62. The SMILES string of the molecule is CCn1c(-c2cccnc2COC)c2c3cc(ccc31)-c1cc(O)cc(c1)C[C@H](NC(=O)C(C(C)C)N(C)C(C)=O)C(=O)N1CCC[C@H](N1)C(=O)OCC(C)(C)C2. The number of pyridine rings is 1. The van der Waals surface area contributed by atoms with Crippen molar-refractivity contribution < 1.29 is 33.8 Å². The number of aromatic nitrogens is 2. The van der Waals surface area contributed by atoms with Gasteiger partial charge in [-0.2, -0.15) is 0 Å². The summed E-state index contributed by atoms with van der Waals surface area (Å²) >= 11 is 0. The van der Waals surface area contributed by atoms with Gasteiger partial charge >= 0.3 is 5.97 Å². The minimum Gasteiger partial charge on any atom is -0.508 e. The van der Waals surface area contributed by atoms with Crippen LogP contribution in [0.1, 0.15) is 71.2 Å². The summed E-state index contributed by atoms with van der Waals surface area (Å²) in [5, 5.41) is 16.5. The molecule has 4 heterocycles. The van der Waals surface area contributed by atoms with Crippen molar-refractivity contribution in [1.82, 2.24) is 30.2 Å². The van der Waals surface area contributed by atoms with E-state index in [-0.39, 0.29) is 30.6 Å². The van der Waals surface area contributed by atoms with Crippen molar-refractivity contribution in [2.75, 3.05) is 27.3 Å². The third kappa shape index (κ3) is 8.84. The van der Waals surface area contributed by atoms with E-state index in [2.05, 4.69) is 54.3 Å². The fraction of sp³-hybridized carbons (Fsp3) is 0.477. The number of likely N-dealkylation sites (N-methyl/N-ethyl adjacent to an activating group) is 1. The normalized spacial score (nSPS) is 19.2. The molecule has 2 aromatic heterocycles. The molecule has 13 heteroatoms. The van der Waals surface area contributed by atoms with Crippen LogP contribution in [0.15, 0.2) is 54.7 Å². The van der Waals surface area contributed by atoms with E-state index in [4.69, 9.17) is 14.5 Å². The molecule has 0 radical (unpaired) electrons. The van der Waals surface area contributed by atoms with E-state index in [9.17, 15) is 24.3 Å². The molecule has 13 nitrogen and oxygen atoms in total. The summed E-state index contributed by atoms with van der Waals surface area (Å²) in [6.45, 7) is 12.8. The first-order chi connectivity index (χ1) is 27.1. The van der Waals surface area contributed by atoms with Crippen LogP contribution in [0.2, 0.25) is 0 Å². The number of carbonyl (C=O) groups is 4. The van der Waals surface area contributed by atoms with Gasteiger partial charge in [0.15, 0.2) is 0 Å². The summed E-state index contributed by atoms with van der Waals surface area (Å²) < 4.78 is 13.9. The Kier molecular flexibility index (Phi) is 12.4. The topological polar surface area (TPSA) is 155 Å². The molecule has 6 rings (SSSR count). The van der Waals surface area contributed by atoms with Gasteiger partial charge in [-0.15, -0.1) is 0 Å². The fourth-order valence-corrected chi connectivity index (χ4v) is 8.30. The highest BCUT2D eigenvalue weighted by Gasteiger charge is 2.37. The number of fused-ring (bicyclic) bond motifs is 6. The van der Waals surface area contributed by atoms with Crippen LogP contribution in [-0.4, -0.2) is 93.7 Å². The first kappa shape index (κ1) is 41.4. The van der Waals surface area contributed by atoms with Crippen molar-refractivity contribution in [2.24, 2.45) is 11.3 Å². The zero-order valence-corrected chi connectivity index (χ0v) is 34.3. The van der Waals surface area contributed by atoms with Crippen molar-refractivity contribution in [2.45, 2.75) is 98.5 Å². The number of hydrazine groups is 1. The molecule has 1 saturated heterocycles. The maximum atomic E-state index is 14.4. The third-order valence-electron chi connectivity index (χ3n) is 11.1. The van der Waals surface area contributed by atoms with Crippen molar-refractivity contribution in [1.29, 1.82) is 0 Å². The van der Waals surface area contributed by atoms with E-state index in [0.29, 0.717) is 44.5 Å². The molecule has 3 atom stereocenters. The number of cyclic esters (lactones) is 1. The van der Waals surface area contributed by atoms with Crippen molar-refractivity contribution in [3.05, 3.63) is 71.5 Å². The number of amides is 3. The molecule has 2 aliphatic heterocycles. The Balaban J connectivity index is 1.52. The molecule has 304 valence electrons. The number of esters is 1. The molecule has 6 bridgehead atoms. The number of rotatable bonds is 8. The molecule has 2 aliphatic rings. The molecule has 4 aromatic rings. The quantitative estimate of drug-likeness (QED) is 0.200. The number of ether oxygens (including phenoxy) is 2. The van der Waals surface area contributed by atoms with Gasteiger partial charge in [0.2, 0.25) is 11.8 Å². The summed E-state index contributed by atoms with van der Waals surface area (Å²) in [5.74, 6) is -1.89. The van der Waals surface area contributed by atoms with E-state index in [1.807, 2.05) is 32.0 Å². The Morgan fingerprint density at radius 1 is 1.14 bits per heavy atom. The summed E-state index contributed by atoms with van der Waals surface area (Å²) in [6.07, 6.45) is 3.37. The highest BCUT2D eigenvalue weighted by Crippen LogP contribution is 2.41. The third-order valence-corrected chi connectivity index (χ3v) is 11.1. The highest BCUT2D eigenvalue weighted by atomic mass is 16.5. The van der Waals surface area contributed by atoms with E-state index in [1.165, 1.54) is 16.8 Å². The van der Waals surface area contributed by atoms with Crippen LogP contribution >= 0.6 is 0 Å². The van der Waals surface area contributed by atoms with Crippen molar-refractivity contribution in [3.8, 4) is 28.1 Å². The van der Waals surface area contributed by atoms with Gasteiger partial charge in [-0.25, -0.2) is 5.43 Å². The molecular weight excluding hydrogens is 725 g/mol. The van der Waals surface area contributed by atoms with Gasteiger partial charge in [0, 0.05) is 68.7 Å². The monoisotopic (exact) mass is 780 g/mol. The fourth-order valence-electron chi connectivity index (χ4n) is 8.30. The Morgan fingerprint density at radius 2 is 1.91 bits per heavy atom. The van der Waals surface area contributed by atoms with Crippen molar-refractivity contribution >= 4 is 34.6 Å². The van der Waals surface area contributed by atoms with Gasteiger partial charge in [0.1, 0.15) is 23.9 Å². The van der Waals surface area contributed by atoms with Gasteiger partial charge in [-0.05, 0) is 90.8 Å². The number of methoxy groups -OCH3 is 1. The van der Waals surface area contributed by atoms with E-state index in [1.54, 1.807) is 32.5 Å². The van der Waals surface area contributed by atoms with E-state index < -0.39 is 41.3 Å². The number of phenols is 1. The molecule has 1 unspecified atom stereocenters. The summed E-state index contributed by atoms with van der Waals surface area (Å²) in [6, 6.07) is 12.8. The van der Waals surface area contributed by atoms with Crippen LogP contribution < -0.4 is 10.7 Å². The standard InChI is InChI=1S/C44H56N6O7/c1-9-49-38-15-14-29-22-33(38)34(40(49)32-12-10-16-45-37(32)24-56-8)23-44(5,6)25-57-43(55)35-13-11-17-50(47-35)42(54)36(20-28-18-30(29)21-31(52)19-28)46-41(53)39(26(2)3)48(7)27(4)51/h10,12,14-16,18-19,21-22,26,35-36,39,47,52H,9,11,13,17,20,23-25H2,1-8H3,(H,46,53)/t35-,36-,39?/m0/s1. The Morgan fingerprint density at radius 3 is 2.61 bits per heavy atom. The van der Waals surface area contributed by atoms with Gasteiger partial charge in [-0.3, -0.25) is 29.2 Å². The average molecular weight is 781 g/mol. The number of hydrogen-bond donors (Lipinski definition) is 3. The number of nitrogens with zero attached hydrogens (tertiary/aromatic N) is 4. The maximum absolute atomic E-state index is 14.4. The van der Waals surface area contributed by atoms with Crippen molar-refractivity contribution in [3.63, 3.8) is 0 Å². The van der Waals surface area contributed by atoms with Gasteiger partial charge < -0.3 is 29.4 Å². The molecule has 3 amide bonds. The molecule has 2 aromatic carbocycles. The predicted molar refractivity (Wildman–Crippen MR) is 218 cm³/mol. The molecule has 0 spiro atoms. The molecule has 57 heavy (non-hydrogen) atoms. The number of phenolic OH excluding ortho intramolecular Hbond substituents is 1. The largest absolute Gasteiger partial charge is 0.508 e. The molecule has 0 saturated carbocycles. The first-order valence-corrected chi connectivity index (χ1v) is 19.8. The van der Waals surface area contributed by atoms with E-state index >= 15 is 0 Å². The highest BCUT2D eigenvalue weighted by molar-refractivity contribution is 5.96. The lowest BCUT2D eigenvalue weighted by molar-refractivity contribution is -0.155. The lowest BCUT2D eigenvalue weighted by atomic mass is 9.84. The zero-order chi connectivity index (χ0) is 41.2. The predicted octanol–water partition coefficient (Wildman–Crippen LogP) is 5.39. The average Bonchev–Trinajstić information content (AvgIpc) is 3.47. The van der Waals surface area contributed by atoms with Crippen LogP contribution in [0.25, 0.3) is 33.3 Å². The Hall–Kier alpha value is -5.27. The minimum absolute atomic E-state index is 0.0116. The number of carbonyl (C=O) groups excluding carboxylic acids is 4. The number of benzene rings is 2. The Labute approximate surface area is 334 Å². The van der Waals surface area contributed by atoms with Crippen LogP contribution in [-0.2, 0) is 54.6 Å². The molecule has 0 aliphatic carbocycles. The number of hydrogen-bond acceptors (Lipinski definition) is 9.